The number of hydrogen-bond donors (Lipinski definition) is 1. The fourth-order valence-corrected chi connectivity index (χ4v) is 3.90. The van der Waals surface area contributed by atoms with Gasteiger partial charge in [0.2, 0.25) is 11.8 Å². The molecule has 0 saturated carbocycles. The fourth-order valence-electron chi connectivity index (χ4n) is 2.70. The Morgan fingerprint density at radius 2 is 1.34 bits per heavy atom. The fraction of sp³-hybridized carbons (Fsp3) is 0.360. The molecule has 8 nitrogen and oxygen atoms in total. The van der Waals surface area contributed by atoms with Crippen molar-refractivity contribution >= 4 is 43.8 Å². The molecule has 0 aliphatic rings. The van der Waals surface area contributed by atoms with E-state index in [0.29, 0.717) is 33.5 Å². The lowest BCUT2D eigenvalue weighted by molar-refractivity contribution is 0.0590. The molecule has 0 bridgehead atoms. The summed E-state index contributed by atoms with van der Waals surface area (Å²) in [7, 11) is 1.32. The van der Waals surface area contributed by atoms with Gasteiger partial charge in [-0.3, -0.25) is 0 Å². The van der Waals surface area contributed by atoms with Gasteiger partial charge in [0.25, 0.3) is 0 Å². The number of carboxylic acid groups (broad SMARTS) is 1. The van der Waals surface area contributed by atoms with Crippen molar-refractivity contribution in [3.05, 3.63) is 68.9 Å². The Bertz CT molecular complexity index is 1070. The van der Waals surface area contributed by atoms with Crippen molar-refractivity contribution < 1.29 is 28.9 Å². The highest BCUT2D eigenvalue weighted by Gasteiger charge is 2.17. The molecule has 0 spiro atoms. The van der Waals surface area contributed by atoms with E-state index in [9.17, 15) is 9.59 Å². The minimum atomic E-state index is -1.09. The summed E-state index contributed by atoms with van der Waals surface area (Å²) in [6.45, 7) is 14.8. The highest BCUT2D eigenvalue weighted by molar-refractivity contribution is 9.10. The molecule has 0 saturated heterocycles. The molecule has 1 N–H and O–H groups in total. The lowest BCUT2D eigenvalue weighted by Crippen LogP contribution is -2.14. The smallest absolute Gasteiger partial charge is 0.357 e. The molecule has 0 aliphatic carbocycles. The van der Waals surface area contributed by atoms with Gasteiger partial charge in [0, 0.05) is 24.0 Å². The number of pyridine rings is 2. The summed E-state index contributed by atoms with van der Waals surface area (Å²) in [6, 6.07) is 3.47. The van der Waals surface area contributed by atoms with Crippen LogP contribution in [0.25, 0.3) is 0 Å². The van der Waals surface area contributed by atoms with Crippen LogP contribution in [-0.4, -0.2) is 46.3 Å². The third-order valence-electron chi connectivity index (χ3n) is 4.44. The highest BCUT2D eigenvalue weighted by Crippen LogP contribution is 2.26. The maximum atomic E-state index is 11.5. The van der Waals surface area contributed by atoms with Gasteiger partial charge < -0.3 is 19.3 Å². The number of carboxylic acids is 1. The van der Waals surface area contributed by atoms with Crippen molar-refractivity contribution in [1.29, 1.82) is 0 Å². The van der Waals surface area contributed by atoms with Gasteiger partial charge in [-0.15, -0.1) is 13.2 Å². The number of rotatable bonds is 10. The molecule has 2 atom stereocenters. The third-order valence-corrected chi connectivity index (χ3v) is 5.65. The van der Waals surface area contributed by atoms with Crippen LogP contribution in [-0.2, 0) is 4.74 Å². The van der Waals surface area contributed by atoms with Gasteiger partial charge >= 0.3 is 11.9 Å². The van der Waals surface area contributed by atoms with Crippen molar-refractivity contribution in [1.82, 2.24) is 9.97 Å². The van der Waals surface area contributed by atoms with Crippen LogP contribution in [0.1, 0.15) is 58.8 Å². The number of nitrogens with zero attached hydrogens (tertiary/aromatic N) is 2. The molecule has 0 aliphatic heterocycles. The first kappa shape index (κ1) is 30.3. The standard InChI is InChI=1S/C13H16BrNO3.C12H14BrNO3/c1-5-6-9(3)18-12-8(2)7-10(14)11(15-12)13(16)17-4;1-4-5-8(3)17-11-7(2)6-9(13)10(14-11)12(15)16/h5,7,9H,1,6H2,2-4H3;4,6,8H,1,5H2,2-3H3,(H,15,16)/t9-;8-/m11/s1. The predicted octanol–water partition coefficient (Wildman–Crippen LogP) is 6.48. The molecule has 0 amide bonds. The topological polar surface area (TPSA) is 108 Å². The van der Waals surface area contributed by atoms with Crippen LogP contribution in [0.5, 0.6) is 11.8 Å². The molecule has 2 heterocycles. The Hall–Kier alpha value is -2.72. The molecule has 0 fully saturated rings. The molecule has 190 valence electrons. The zero-order valence-electron chi connectivity index (χ0n) is 20.4. The van der Waals surface area contributed by atoms with Crippen molar-refractivity contribution in [2.45, 2.75) is 52.7 Å². The van der Waals surface area contributed by atoms with E-state index in [-0.39, 0.29) is 23.6 Å². The molecule has 35 heavy (non-hydrogen) atoms. The minimum Gasteiger partial charge on any atom is -0.476 e. The number of carbonyl (C=O) groups is 2. The zero-order chi connectivity index (χ0) is 26.7. The van der Waals surface area contributed by atoms with Gasteiger partial charge in [-0.25, -0.2) is 19.6 Å². The van der Waals surface area contributed by atoms with E-state index in [2.05, 4.69) is 59.7 Å². The molecular formula is C25H30Br2N2O6. The van der Waals surface area contributed by atoms with Crippen LogP contribution >= 0.6 is 31.9 Å². The van der Waals surface area contributed by atoms with Gasteiger partial charge in [0.1, 0.15) is 12.2 Å². The Labute approximate surface area is 222 Å². The molecule has 0 aromatic carbocycles. The molecular weight excluding hydrogens is 584 g/mol. The number of esters is 1. The molecule has 2 aromatic rings. The summed E-state index contributed by atoms with van der Waals surface area (Å²) < 4.78 is 16.9. The summed E-state index contributed by atoms with van der Waals surface area (Å²) in [5.74, 6) is -0.797. The normalized spacial score (nSPS) is 11.9. The summed E-state index contributed by atoms with van der Waals surface area (Å²) in [4.78, 5) is 30.6. The molecule has 2 rings (SSSR count). The van der Waals surface area contributed by atoms with E-state index in [0.717, 1.165) is 11.1 Å². The summed E-state index contributed by atoms with van der Waals surface area (Å²) in [5, 5.41) is 8.95. The average molecular weight is 614 g/mol. The highest BCUT2D eigenvalue weighted by atomic mass is 79.9. The Balaban J connectivity index is 0.000000351. The first-order valence-corrected chi connectivity index (χ1v) is 12.2. The van der Waals surface area contributed by atoms with Crippen molar-refractivity contribution in [3.8, 4) is 11.8 Å². The van der Waals surface area contributed by atoms with Crippen molar-refractivity contribution in [3.63, 3.8) is 0 Å². The number of aryl methyl sites for hydroxylation is 2. The van der Waals surface area contributed by atoms with E-state index in [1.54, 1.807) is 24.3 Å². The number of halogens is 2. The van der Waals surface area contributed by atoms with Gasteiger partial charge in [-0.2, -0.15) is 0 Å². The first-order chi connectivity index (χ1) is 16.4. The zero-order valence-corrected chi connectivity index (χ0v) is 23.6. The van der Waals surface area contributed by atoms with Crippen LogP contribution in [0.4, 0.5) is 0 Å². The number of carbonyl (C=O) groups excluding carboxylic acids is 1. The molecule has 0 radical (unpaired) electrons. The predicted molar refractivity (Wildman–Crippen MR) is 141 cm³/mol. The van der Waals surface area contributed by atoms with Crippen LogP contribution in [0, 0.1) is 13.8 Å². The summed E-state index contributed by atoms with van der Waals surface area (Å²) in [5.41, 5.74) is 1.81. The molecule has 0 unspecified atom stereocenters. The lowest BCUT2D eigenvalue weighted by Gasteiger charge is -2.15. The average Bonchev–Trinajstić information content (AvgIpc) is 2.77. The van der Waals surface area contributed by atoms with E-state index in [1.807, 2.05) is 27.7 Å². The Morgan fingerprint density at radius 1 is 0.943 bits per heavy atom. The largest absolute Gasteiger partial charge is 0.476 e. The lowest BCUT2D eigenvalue weighted by atomic mass is 10.2. The van der Waals surface area contributed by atoms with Crippen LogP contribution in [0.2, 0.25) is 0 Å². The van der Waals surface area contributed by atoms with E-state index in [4.69, 9.17) is 14.6 Å². The van der Waals surface area contributed by atoms with Gasteiger partial charge in [-0.05, 0) is 71.7 Å². The van der Waals surface area contributed by atoms with E-state index >= 15 is 0 Å². The second-order valence-electron chi connectivity index (χ2n) is 7.58. The van der Waals surface area contributed by atoms with Gasteiger partial charge in [0.05, 0.1) is 16.1 Å². The SMILES string of the molecule is C=CC[C@@H](C)Oc1nc(C(=O)O)c(Br)cc1C.C=CC[C@@H](C)Oc1nc(C(=O)OC)c(Br)cc1C. The van der Waals surface area contributed by atoms with Crippen molar-refractivity contribution in [2.24, 2.45) is 0 Å². The van der Waals surface area contributed by atoms with Gasteiger partial charge in [0.15, 0.2) is 11.4 Å². The second-order valence-corrected chi connectivity index (χ2v) is 9.29. The second kappa shape index (κ2) is 14.6. The van der Waals surface area contributed by atoms with E-state index in [1.165, 1.54) is 7.11 Å². The van der Waals surface area contributed by atoms with Crippen LogP contribution < -0.4 is 9.47 Å². The van der Waals surface area contributed by atoms with Crippen molar-refractivity contribution in [2.75, 3.05) is 7.11 Å². The van der Waals surface area contributed by atoms with Gasteiger partial charge in [-0.1, -0.05) is 12.2 Å². The first-order valence-electron chi connectivity index (χ1n) is 10.7. The minimum absolute atomic E-state index is 0.0413. The number of methoxy groups -OCH3 is 1. The summed E-state index contributed by atoms with van der Waals surface area (Å²) >= 11 is 6.45. The van der Waals surface area contributed by atoms with E-state index < -0.39 is 11.9 Å². The summed E-state index contributed by atoms with van der Waals surface area (Å²) in [6.07, 6.45) is 4.79. The number of aromatic nitrogens is 2. The third kappa shape index (κ3) is 9.45. The number of aromatic carboxylic acids is 1. The Kier molecular flexibility index (Phi) is 12.7. The number of ether oxygens (including phenoxy) is 3. The quantitative estimate of drug-likeness (QED) is 0.240. The van der Waals surface area contributed by atoms with Crippen LogP contribution in [0.3, 0.4) is 0 Å². The Morgan fingerprint density at radius 3 is 1.71 bits per heavy atom. The molecule has 2 aromatic heterocycles. The maximum absolute atomic E-state index is 11.5. The monoisotopic (exact) mass is 612 g/mol. The molecule has 10 heteroatoms. The number of hydrogen-bond acceptors (Lipinski definition) is 7. The van der Waals surface area contributed by atoms with Crippen LogP contribution in [0.15, 0.2) is 46.4 Å². The maximum Gasteiger partial charge on any atom is 0.357 e.